The van der Waals surface area contributed by atoms with Crippen LogP contribution in [-0.4, -0.2) is 26.2 Å². The zero-order chi connectivity index (χ0) is 17.4. The van der Waals surface area contributed by atoms with Crippen molar-refractivity contribution in [1.82, 2.24) is 14.6 Å². The van der Waals surface area contributed by atoms with Gasteiger partial charge >= 0.3 is 0 Å². The number of anilines is 1. The lowest BCUT2D eigenvalue weighted by atomic mass is 10.00. The Hall–Kier alpha value is -2.29. The zero-order valence-corrected chi connectivity index (χ0v) is 14.9. The van der Waals surface area contributed by atoms with Gasteiger partial charge in [0.15, 0.2) is 0 Å². The van der Waals surface area contributed by atoms with Gasteiger partial charge in [0.1, 0.15) is 11.4 Å². The summed E-state index contributed by atoms with van der Waals surface area (Å²) < 4.78 is 14.7. The van der Waals surface area contributed by atoms with Gasteiger partial charge in [-0.3, -0.25) is 0 Å². The van der Waals surface area contributed by atoms with Gasteiger partial charge in [-0.15, -0.1) is 5.10 Å². The number of halogens is 1. The number of hydrogen-bond donors (Lipinski definition) is 2. The molecule has 0 fully saturated rings. The van der Waals surface area contributed by atoms with Crippen LogP contribution in [0, 0.1) is 5.82 Å². The maximum absolute atomic E-state index is 13.0. The van der Waals surface area contributed by atoms with E-state index < -0.39 is 5.60 Å². The highest BCUT2D eigenvalue weighted by molar-refractivity contribution is 7.20. The predicted octanol–water partition coefficient (Wildman–Crippen LogP) is 3.98. The second kappa shape index (κ2) is 6.21. The van der Waals surface area contributed by atoms with Gasteiger partial charge < -0.3 is 10.4 Å². The number of aromatic nitrogens is 3. The van der Waals surface area contributed by atoms with Crippen molar-refractivity contribution in [3.63, 3.8) is 0 Å². The third-order valence-corrected chi connectivity index (χ3v) is 5.47. The summed E-state index contributed by atoms with van der Waals surface area (Å²) in [5.41, 5.74) is 1.50. The highest BCUT2D eigenvalue weighted by atomic mass is 32.1. The van der Waals surface area contributed by atoms with E-state index in [1.807, 2.05) is 16.8 Å². The summed E-state index contributed by atoms with van der Waals surface area (Å²) in [6.07, 6.45) is 1.81. The maximum atomic E-state index is 13.0. The van der Waals surface area contributed by atoms with Crippen LogP contribution in [0.5, 0.6) is 0 Å². The van der Waals surface area contributed by atoms with Crippen LogP contribution in [0.1, 0.15) is 12.5 Å². The molecule has 0 amide bonds. The van der Waals surface area contributed by atoms with Crippen LogP contribution < -0.4 is 5.32 Å². The van der Waals surface area contributed by atoms with Crippen LogP contribution in [0.2, 0.25) is 0 Å². The predicted molar refractivity (Wildman–Crippen MR) is 98.6 cm³/mol. The number of nitrogens with zero attached hydrogens (tertiary/aromatic N) is 3. The summed E-state index contributed by atoms with van der Waals surface area (Å²) in [5.74, 6) is -0.271. The molecule has 5 nitrogen and oxygen atoms in total. The molecule has 1 aromatic carbocycles. The molecule has 0 saturated heterocycles. The first-order valence-corrected chi connectivity index (χ1v) is 9.38. The van der Waals surface area contributed by atoms with Crippen molar-refractivity contribution in [2.75, 3.05) is 11.9 Å². The second-order valence-corrected chi connectivity index (χ2v) is 7.64. The van der Waals surface area contributed by atoms with Crippen molar-refractivity contribution in [3.8, 4) is 11.3 Å². The number of nitrogens with one attached hydrogen (secondary N) is 1. The summed E-state index contributed by atoms with van der Waals surface area (Å²) in [5, 5.41) is 22.7. The van der Waals surface area contributed by atoms with Crippen LogP contribution in [0.4, 0.5) is 9.52 Å². The molecule has 1 unspecified atom stereocenters. The first kappa shape index (κ1) is 16.2. The van der Waals surface area contributed by atoms with Crippen LogP contribution >= 0.6 is 22.7 Å². The van der Waals surface area contributed by atoms with Crippen LogP contribution in [0.25, 0.3) is 16.2 Å². The van der Waals surface area contributed by atoms with Gasteiger partial charge in [-0.2, -0.15) is 11.3 Å². The van der Waals surface area contributed by atoms with Crippen molar-refractivity contribution in [2.24, 2.45) is 0 Å². The average Bonchev–Trinajstić information content (AvgIpc) is 3.30. The Morgan fingerprint density at radius 3 is 2.76 bits per heavy atom. The van der Waals surface area contributed by atoms with Gasteiger partial charge in [-0.05, 0) is 53.6 Å². The van der Waals surface area contributed by atoms with Gasteiger partial charge in [0, 0.05) is 12.1 Å². The Morgan fingerprint density at radius 2 is 2.08 bits per heavy atom. The number of thiophene rings is 1. The Morgan fingerprint density at radius 1 is 1.28 bits per heavy atom. The van der Waals surface area contributed by atoms with Crippen molar-refractivity contribution < 1.29 is 9.50 Å². The fourth-order valence-electron chi connectivity index (χ4n) is 2.45. The third kappa shape index (κ3) is 3.28. The molecule has 8 heteroatoms. The minimum Gasteiger partial charge on any atom is -0.384 e. The molecular weight excluding hydrogens is 359 g/mol. The van der Waals surface area contributed by atoms with E-state index in [4.69, 9.17) is 0 Å². The van der Waals surface area contributed by atoms with E-state index in [2.05, 4.69) is 15.4 Å². The van der Waals surface area contributed by atoms with E-state index in [0.29, 0.717) is 11.7 Å². The molecule has 1 atom stereocenters. The lowest BCUT2D eigenvalue weighted by Gasteiger charge is -2.22. The summed E-state index contributed by atoms with van der Waals surface area (Å²) in [4.78, 5) is 5.26. The Balaban J connectivity index is 1.51. The molecule has 0 radical (unpaired) electrons. The van der Waals surface area contributed by atoms with E-state index in [9.17, 15) is 9.50 Å². The molecule has 3 aromatic heterocycles. The van der Waals surface area contributed by atoms with E-state index in [1.165, 1.54) is 23.5 Å². The molecule has 4 aromatic rings. The van der Waals surface area contributed by atoms with Crippen molar-refractivity contribution in [2.45, 2.75) is 12.5 Å². The first-order chi connectivity index (χ1) is 12.0. The molecule has 0 spiro atoms. The van der Waals surface area contributed by atoms with E-state index in [0.717, 1.165) is 21.8 Å². The fourth-order valence-corrected chi connectivity index (χ4v) is 4.01. The number of aliphatic hydroxyl groups is 1. The smallest absolute Gasteiger partial charge is 0.214 e. The quantitative estimate of drug-likeness (QED) is 0.555. The SMILES string of the molecule is CC(O)(CNc1nn2cc(-c3ccc(F)cc3)nc2s1)c1ccsc1. The number of imidazole rings is 1. The largest absolute Gasteiger partial charge is 0.384 e. The number of fused-ring (bicyclic) bond motifs is 1. The number of benzene rings is 1. The standard InChI is InChI=1S/C17H15FN4OS2/c1-17(23,12-6-7-24-9-12)10-19-15-21-22-8-14(20-16(22)25-15)11-2-4-13(18)5-3-11/h2-9,23H,10H2,1H3,(H,19,21). The van der Waals surface area contributed by atoms with Crippen LogP contribution in [0.3, 0.4) is 0 Å². The third-order valence-electron chi connectivity index (χ3n) is 3.91. The molecule has 2 N–H and O–H groups in total. The van der Waals surface area contributed by atoms with E-state index in [1.54, 1.807) is 41.1 Å². The Bertz CT molecular complexity index is 958. The van der Waals surface area contributed by atoms with Crippen molar-refractivity contribution in [3.05, 3.63) is 58.7 Å². The van der Waals surface area contributed by atoms with E-state index >= 15 is 0 Å². The first-order valence-electron chi connectivity index (χ1n) is 7.62. The van der Waals surface area contributed by atoms with E-state index in [-0.39, 0.29) is 5.82 Å². The lowest BCUT2D eigenvalue weighted by molar-refractivity contribution is 0.0720. The van der Waals surface area contributed by atoms with Crippen LogP contribution in [-0.2, 0) is 5.60 Å². The van der Waals surface area contributed by atoms with Gasteiger partial charge in [0.2, 0.25) is 10.1 Å². The highest BCUT2D eigenvalue weighted by Crippen LogP contribution is 2.27. The van der Waals surface area contributed by atoms with Gasteiger partial charge in [0.25, 0.3) is 0 Å². The minimum absolute atomic E-state index is 0.271. The zero-order valence-electron chi connectivity index (χ0n) is 13.3. The molecule has 4 rings (SSSR count). The fraction of sp³-hybridized carbons (Fsp3) is 0.176. The molecule has 25 heavy (non-hydrogen) atoms. The topological polar surface area (TPSA) is 62.5 Å². The van der Waals surface area contributed by atoms with Crippen molar-refractivity contribution >= 4 is 32.8 Å². The number of hydrogen-bond acceptors (Lipinski definition) is 6. The number of rotatable bonds is 5. The Kier molecular flexibility index (Phi) is 4.03. The second-order valence-electron chi connectivity index (χ2n) is 5.91. The summed E-state index contributed by atoms with van der Waals surface area (Å²) in [7, 11) is 0. The van der Waals surface area contributed by atoms with Crippen LogP contribution in [0.15, 0.2) is 47.3 Å². The Labute approximate surface area is 151 Å². The monoisotopic (exact) mass is 374 g/mol. The van der Waals surface area contributed by atoms with Crippen molar-refractivity contribution in [1.29, 1.82) is 0 Å². The molecule has 0 saturated carbocycles. The highest BCUT2D eigenvalue weighted by Gasteiger charge is 2.24. The van der Waals surface area contributed by atoms with Gasteiger partial charge in [0.05, 0.1) is 11.9 Å². The average molecular weight is 374 g/mol. The molecule has 0 aliphatic heterocycles. The summed E-state index contributed by atoms with van der Waals surface area (Å²) >= 11 is 2.96. The molecular formula is C17H15FN4OS2. The molecule has 0 aliphatic carbocycles. The molecule has 0 aliphatic rings. The molecule has 0 bridgehead atoms. The van der Waals surface area contributed by atoms with Gasteiger partial charge in [-0.25, -0.2) is 13.9 Å². The lowest BCUT2D eigenvalue weighted by Crippen LogP contribution is -2.30. The summed E-state index contributed by atoms with van der Waals surface area (Å²) in [6, 6.07) is 8.12. The maximum Gasteiger partial charge on any atom is 0.214 e. The minimum atomic E-state index is -0.965. The molecule has 128 valence electrons. The van der Waals surface area contributed by atoms with Gasteiger partial charge in [-0.1, -0.05) is 11.3 Å². The summed E-state index contributed by atoms with van der Waals surface area (Å²) in [6.45, 7) is 2.12. The normalized spacial score (nSPS) is 13.9. The molecule has 3 heterocycles.